The molecule has 3 heteroatoms. The summed E-state index contributed by atoms with van der Waals surface area (Å²) in [5, 5.41) is 4.39. The molecule has 1 aliphatic heterocycles. The van der Waals surface area contributed by atoms with Crippen LogP contribution in [-0.2, 0) is 0 Å². The predicted molar refractivity (Wildman–Crippen MR) is 44.8 cm³/mol. The summed E-state index contributed by atoms with van der Waals surface area (Å²) >= 11 is 0. The largest absolute Gasteiger partial charge is 0.359 e. The molecule has 1 heterocycles. The Kier molecular flexibility index (Phi) is 1.30. The second kappa shape index (κ2) is 2.29. The van der Waals surface area contributed by atoms with Crippen LogP contribution in [0.15, 0.2) is 36.7 Å². The maximum atomic E-state index is 7.46. The van der Waals surface area contributed by atoms with Gasteiger partial charge in [0.15, 0.2) is 0 Å². The Morgan fingerprint density at radius 2 is 2.09 bits per heavy atom. The molecule has 0 saturated carbocycles. The third-order valence-corrected chi connectivity index (χ3v) is 1.63. The zero-order chi connectivity index (χ0) is 7.68. The Bertz CT molecular complexity index is 293. The Morgan fingerprint density at radius 3 is 2.91 bits per heavy atom. The van der Waals surface area contributed by atoms with E-state index in [1.54, 1.807) is 12.4 Å². The molecular weight excluding hydrogens is 138 g/mol. The minimum atomic E-state index is 0.884. The lowest BCUT2D eigenvalue weighted by molar-refractivity contribution is 1.02. The number of benzene rings is 1. The van der Waals surface area contributed by atoms with Crippen molar-refractivity contribution >= 4 is 11.4 Å². The van der Waals surface area contributed by atoms with E-state index in [1.165, 1.54) is 5.01 Å². The molecule has 1 aliphatic rings. The minimum absolute atomic E-state index is 0.884. The van der Waals surface area contributed by atoms with Crippen LogP contribution < -0.4 is 16.2 Å². The summed E-state index contributed by atoms with van der Waals surface area (Å²) in [4.78, 5) is 0. The molecule has 2 N–H and O–H groups in total. The highest BCUT2D eigenvalue weighted by molar-refractivity contribution is 5.73. The van der Waals surface area contributed by atoms with Gasteiger partial charge in [-0.05, 0) is 12.1 Å². The van der Waals surface area contributed by atoms with Gasteiger partial charge in [0.05, 0.1) is 11.4 Å². The van der Waals surface area contributed by atoms with Crippen molar-refractivity contribution in [3.05, 3.63) is 36.7 Å². The number of para-hydroxylation sites is 2. The fourth-order valence-corrected chi connectivity index (χ4v) is 1.09. The molecule has 11 heavy (non-hydrogen) atoms. The summed E-state index contributed by atoms with van der Waals surface area (Å²) in [6, 6.07) is 7.71. The zero-order valence-corrected chi connectivity index (χ0v) is 5.91. The molecule has 2 rings (SSSR count). The van der Waals surface area contributed by atoms with Gasteiger partial charge in [0.25, 0.3) is 0 Å². The maximum absolute atomic E-state index is 7.46. The lowest BCUT2D eigenvalue weighted by Gasteiger charge is -2.20. The average molecular weight is 146 g/mol. The van der Waals surface area contributed by atoms with E-state index in [2.05, 4.69) is 5.32 Å². The molecule has 55 valence electrons. The van der Waals surface area contributed by atoms with Crippen molar-refractivity contribution in [2.24, 2.45) is 0 Å². The highest BCUT2D eigenvalue weighted by Gasteiger charge is 2.07. The van der Waals surface area contributed by atoms with Crippen LogP contribution in [0.1, 0.15) is 0 Å². The molecule has 1 aromatic rings. The van der Waals surface area contributed by atoms with Gasteiger partial charge in [0.2, 0.25) is 0 Å². The molecule has 0 bridgehead atoms. The first-order valence-electron chi connectivity index (χ1n) is 3.40. The average Bonchev–Trinajstić information content (AvgIpc) is 2.06. The summed E-state index contributed by atoms with van der Waals surface area (Å²) in [6.07, 6.45) is 3.41. The van der Waals surface area contributed by atoms with E-state index in [4.69, 9.17) is 5.84 Å². The first kappa shape index (κ1) is 6.24. The predicted octanol–water partition coefficient (Wildman–Crippen LogP) is 1.59. The van der Waals surface area contributed by atoms with Crippen molar-refractivity contribution < 1.29 is 0 Å². The number of nitrogens with one attached hydrogen (secondary N) is 2. The number of nitrogens with zero attached hydrogens (tertiary/aromatic N) is 1. The van der Waals surface area contributed by atoms with Crippen molar-refractivity contribution in [1.82, 2.24) is 5.84 Å². The molecule has 3 nitrogen and oxygen atoms in total. The zero-order valence-electron chi connectivity index (χ0n) is 5.91. The number of rotatable bonds is 0. The van der Waals surface area contributed by atoms with E-state index >= 15 is 0 Å². The third-order valence-electron chi connectivity index (χ3n) is 1.63. The van der Waals surface area contributed by atoms with E-state index in [0.717, 1.165) is 11.4 Å². The lowest BCUT2D eigenvalue weighted by Crippen LogP contribution is -2.17. The number of fused-ring (bicyclic) bond motifs is 1. The van der Waals surface area contributed by atoms with Crippen LogP contribution in [0, 0.1) is 0 Å². The smallest absolute Gasteiger partial charge is 0.0820 e. The van der Waals surface area contributed by atoms with E-state index in [1.807, 2.05) is 24.3 Å². The van der Waals surface area contributed by atoms with Gasteiger partial charge in [0, 0.05) is 12.4 Å². The Morgan fingerprint density at radius 1 is 1.27 bits per heavy atom. The highest BCUT2D eigenvalue weighted by atomic mass is 15.4. The van der Waals surface area contributed by atoms with Gasteiger partial charge in [-0.2, -0.15) is 0 Å². The van der Waals surface area contributed by atoms with Crippen LogP contribution in [0.5, 0.6) is 0 Å². The van der Waals surface area contributed by atoms with Crippen molar-refractivity contribution in [1.29, 1.82) is 0 Å². The fourth-order valence-electron chi connectivity index (χ4n) is 1.09. The summed E-state index contributed by atoms with van der Waals surface area (Å²) in [5.74, 6) is 7.46. The Balaban J connectivity index is 2.50. The molecule has 0 saturated heterocycles. The molecule has 1 aromatic carbocycles. The van der Waals surface area contributed by atoms with Crippen molar-refractivity contribution in [2.45, 2.75) is 0 Å². The normalized spacial score (nSPS) is 14.1. The van der Waals surface area contributed by atoms with Gasteiger partial charge < -0.3 is 5.32 Å². The Hall–Kier alpha value is -1.48. The molecule has 0 aliphatic carbocycles. The summed E-state index contributed by atoms with van der Waals surface area (Å²) in [5.41, 5.74) is 1.86. The van der Waals surface area contributed by atoms with Crippen LogP contribution in [0.4, 0.5) is 11.4 Å². The highest BCUT2D eigenvalue weighted by Crippen LogP contribution is 2.26. The lowest BCUT2D eigenvalue weighted by atomic mass is 10.2. The van der Waals surface area contributed by atoms with Gasteiger partial charge in [-0.15, -0.1) is 5.84 Å². The molecule has 0 aromatic heterocycles. The van der Waals surface area contributed by atoms with Gasteiger partial charge in [0.1, 0.15) is 0 Å². The van der Waals surface area contributed by atoms with Crippen LogP contribution in [0.2, 0.25) is 0 Å². The molecule has 0 unspecified atom stereocenters. The van der Waals surface area contributed by atoms with Gasteiger partial charge in [-0.3, -0.25) is 5.01 Å². The van der Waals surface area contributed by atoms with E-state index in [-0.39, 0.29) is 0 Å². The van der Waals surface area contributed by atoms with Gasteiger partial charge >= 0.3 is 0 Å². The first-order chi connectivity index (χ1) is 5.38. The van der Waals surface area contributed by atoms with Gasteiger partial charge in [-0.25, -0.2) is 0 Å². The fraction of sp³-hybridized carbons (Fsp3) is 0. The SMILES string of the molecule is [NH]N1C=CNc2ccccc21. The van der Waals surface area contributed by atoms with Crippen molar-refractivity contribution in [3.63, 3.8) is 0 Å². The minimum Gasteiger partial charge on any atom is -0.359 e. The molecule has 0 fully saturated rings. The van der Waals surface area contributed by atoms with Crippen LogP contribution in [0.3, 0.4) is 0 Å². The van der Waals surface area contributed by atoms with E-state index in [0.29, 0.717) is 0 Å². The molecule has 1 radical (unpaired) electrons. The molecule has 0 amide bonds. The quantitative estimate of drug-likeness (QED) is 0.603. The second-order valence-electron chi connectivity index (χ2n) is 2.35. The van der Waals surface area contributed by atoms with Crippen LogP contribution >= 0.6 is 0 Å². The van der Waals surface area contributed by atoms with Crippen molar-refractivity contribution in [2.75, 3.05) is 10.3 Å². The van der Waals surface area contributed by atoms with Crippen LogP contribution in [0.25, 0.3) is 0 Å². The van der Waals surface area contributed by atoms with Crippen molar-refractivity contribution in [3.8, 4) is 0 Å². The number of anilines is 2. The molecule has 0 spiro atoms. The van der Waals surface area contributed by atoms with E-state index in [9.17, 15) is 0 Å². The first-order valence-corrected chi connectivity index (χ1v) is 3.40. The topological polar surface area (TPSA) is 39.1 Å². The molecule has 0 atom stereocenters. The van der Waals surface area contributed by atoms with Gasteiger partial charge in [-0.1, -0.05) is 12.1 Å². The van der Waals surface area contributed by atoms with Crippen LogP contribution in [-0.4, -0.2) is 0 Å². The summed E-state index contributed by atoms with van der Waals surface area (Å²) in [6.45, 7) is 0. The summed E-state index contributed by atoms with van der Waals surface area (Å²) < 4.78 is 0. The maximum Gasteiger partial charge on any atom is 0.0820 e. The standard InChI is InChI=1S/C8H8N3/c9-11-6-5-10-7-3-1-2-4-8(7)11/h1-6,9-10H. The third kappa shape index (κ3) is 0.951. The monoisotopic (exact) mass is 146 g/mol. The van der Waals surface area contributed by atoms with E-state index < -0.39 is 0 Å². The Labute approximate surface area is 65.1 Å². The molecular formula is C8H8N3. The summed E-state index contributed by atoms with van der Waals surface area (Å²) in [7, 11) is 0. The number of hydrogen-bond donors (Lipinski definition) is 1. The number of hydrogen-bond acceptors (Lipinski definition) is 2. The second-order valence-corrected chi connectivity index (χ2v) is 2.35.